The lowest BCUT2D eigenvalue weighted by Gasteiger charge is -2.20. The number of benzene rings is 2. The highest BCUT2D eigenvalue weighted by Crippen LogP contribution is 2.77. The maximum absolute atomic E-state index is 12.8. The van der Waals surface area contributed by atoms with Gasteiger partial charge in [0, 0.05) is 35.3 Å². The van der Waals surface area contributed by atoms with Gasteiger partial charge >= 0.3 is 6.03 Å². The highest BCUT2D eigenvalue weighted by Gasteiger charge is 2.80. The summed E-state index contributed by atoms with van der Waals surface area (Å²) in [6, 6.07) is 12.9. The van der Waals surface area contributed by atoms with Crippen molar-refractivity contribution in [2.45, 2.75) is 50.0 Å². The standard InChI is InChI=1S/C28H26N4O4/c33-22-8-6-18(36-23-10-11-29-26-19(23)7-9-24(34)31-26)13-20(22)25-21-14-28(21,25)32-27(35)30-17-5-4-15-2-1-3-16(15)12-17/h4-6,8,10-13,21,25,33H,1-3,7,9,14H2,(H,29,31,34)(H2,30,32,35). The minimum absolute atomic E-state index is 0.0509. The lowest BCUT2D eigenvalue weighted by atomic mass is 9.99. The Kier molecular flexibility index (Phi) is 4.55. The SMILES string of the molecule is O=C1CCc2c(Oc3ccc(O)c(C4C5CC54NC(=O)Nc4ccc5c(c4)CCC5)c3)ccnc2N1. The molecule has 4 aliphatic rings. The second kappa shape index (κ2) is 7.71. The highest BCUT2D eigenvalue weighted by molar-refractivity contribution is 5.93. The lowest BCUT2D eigenvalue weighted by molar-refractivity contribution is -0.116. The number of urea groups is 1. The second-order valence-electron chi connectivity index (χ2n) is 10.3. The molecule has 3 aromatic rings. The summed E-state index contributed by atoms with van der Waals surface area (Å²) in [4.78, 5) is 28.7. The van der Waals surface area contributed by atoms with Gasteiger partial charge in [-0.1, -0.05) is 6.07 Å². The summed E-state index contributed by atoms with van der Waals surface area (Å²) in [6.07, 6.45) is 6.81. The number of nitrogens with zero attached hydrogens (tertiary/aromatic N) is 1. The monoisotopic (exact) mass is 482 g/mol. The molecule has 36 heavy (non-hydrogen) atoms. The summed E-state index contributed by atoms with van der Waals surface area (Å²) >= 11 is 0. The van der Waals surface area contributed by atoms with Crippen molar-refractivity contribution >= 4 is 23.4 Å². The zero-order valence-electron chi connectivity index (χ0n) is 19.6. The van der Waals surface area contributed by atoms with Crippen molar-refractivity contribution in [1.82, 2.24) is 10.3 Å². The number of phenolic OH excluding ortho intramolecular Hbond substituents is 1. The van der Waals surface area contributed by atoms with E-state index in [-0.39, 0.29) is 29.1 Å². The van der Waals surface area contributed by atoms with Gasteiger partial charge in [-0.2, -0.15) is 0 Å². The van der Waals surface area contributed by atoms with Crippen LogP contribution < -0.4 is 20.7 Å². The molecule has 2 fully saturated rings. The first-order chi connectivity index (χ1) is 17.5. The molecule has 182 valence electrons. The zero-order valence-corrected chi connectivity index (χ0v) is 19.6. The first-order valence-corrected chi connectivity index (χ1v) is 12.5. The highest BCUT2D eigenvalue weighted by atomic mass is 16.5. The molecular weight excluding hydrogens is 456 g/mol. The van der Waals surface area contributed by atoms with Crippen molar-refractivity contribution in [1.29, 1.82) is 0 Å². The largest absolute Gasteiger partial charge is 0.508 e. The van der Waals surface area contributed by atoms with Gasteiger partial charge in [0.15, 0.2) is 0 Å². The van der Waals surface area contributed by atoms with Gasteiger partial charge in [0.25, 0.3) is 0 Å². The fourth-order valence-electron chi connectivity index (χ4n) is 5.97. The number of aromatic hydroxyl groups is 1. The number of phenols is 1. The average Bonchev–Trinajstić information content (AvgIpc) is 3.63. The molecular formula is C28H26N4O4. The lowest BCUT2D eigenvalue weighted by Crippen LogP contribution is -2.36. The van der Waals surface area contributed by atoms with E-state index >= 15 is 0 Å². The van der Waals surface area contributed by atoms with Crippen LogP contribution in [-0.4, -0.2) is 27.6 Å². The third-order valence-electron chi connectivity index (χ3n) is 8.04. The fraction of sp³-hybridized carbons (Fsp3) is 0.321. The number of rotatable bonds is 5. The second-order valence-corrected chi connectivity index (χ2v) is 10.3. The van der Waals surface area contributed by atoms with Crippen LogP contribution in [0.15, 0.2) is 48.7 Å². The summed E-state index contributed by atoms with van der Waals surface area (Å²) in [5.74, 6) is 2.28. The molecule has 2 heterocycles. The van der Waals surface area contributed by atoms with Crippen LogP contribution in [0, 0.1) is 5.92 Å². The summed E-state index contributed by atoms with van der Waals surface area (Å²) in [7, 11) is 0. The van der Waals surface area contributed by atoms with Crippen molar-refractivity contribution in [3.63, 3.8) is 0 Å². The van der Waals surface area contributed by atoms with Crippen molar-refractivity contribution in [2.75, 3.05) is 10.6 Å². The maximum atomic E-state index is 12.8. The third kappa shape index (κ3) is 3.47. The number of anilines is 2. The summed E-state index contributed by atoms with van der Waals surface area (Å²) in [5, 5.41) is 19.5. The number of carbonyl (C=O) groups is 2. The molecule has 0 saturated heterocycles. The van der Waals surface area contributed by atoms with Crippen molar-refractivity contribution in [3.05, 3.63) is 70.9 Å². The molecule has 3 atom stereocenters. The van der Waals surface area contributed by atoms with Gasteiger partial charge in [-0.3, -0.25) is 4.79 Å². The quantitative estimate of drug-likeness (QED) is 0.424. The molecule has 2 saturated carbocycles. The number of nitrogens with one attached hydrogen (secondary N) is 3. The number of aromatic nitrogens is 1. The number of ether oxygens (including phenoxy) is 1. The normalized spacial score (nSPS) is 24.6. The number of hydrogen-bond donors (Lipinski definition) is 4. The molecule has 1 aliphatic heterocycles. The number of carbonyl (C=O) groups excluding carboxylic acids is 2. The number of hydrogen-bond acceptors (Lipinski definition) is 5. The van der Waals surface area contributed by atoms with Crippen LogP contribution in [0.3, 0.4) is 0 Å². The zero-order chi connectivity index (χ0) is 24.4. The van der Waals surface area contributed by atoms with Gasteiger partial charge in [0.1, 0.15) is 23.1 Å². The van der Waals surface area contributed by atoms with Crippen LogP contribution in [0.25, 0.3) is 0 Å². The predicted molar refractivity (Wildman–Crippen MR) is 134 cm³/mol. The Morgan fingerprint density at radius 1 is 1.08 bits per heavy atom. The molecule has 2 aromatic carbocycles. The van der Waals surface area contributed by atoms with E-state index in [2.05, 4.69) is 33.1 Å². The van der Waals surface area contributed by atoms with Gasteiger partial charge in [0.2, 0.25) is 5.91 Å². The van der Waals surface area contributed by atoms with Gasteiger partial charge in [-0.25, -0.2) is 9.78 Å². The molecule has 0 bridgehead atoms. The maximum Gasteiger partial charge on any atom is 0.319 e. The van der Waals surface area contributed by atoms with Gasteiger partial charge < -0.3 is 25.8 Å². The van der Waals surface area contributed by atoms with Crippen LogP contribution in [0.5, 0.6) is 17.2 Å². The molecule has 3 amide bonds. The van der Waals surface area contributed by atoms with Crippen LogP contribution in [0.4, 0.5) is 16.3 Å². The topological polar surface area (TPSA) is 113 Å². The van der Waals surface area contributed by atoms with E-state index in [9.17, 15) is 14.7 Å². The van der Waals surface area contributed by atoms with E-state index in [4.69, 9.17) is 4.74 Å². The Balaban J connectivity index is 1.06. The van der Waals surface area contributed by atoms with E-state index in [1.54, 1.807) is 24.4 Å². The van der Waals surface area contributed by atoms with Crippen LogP contribution in [0.1, 0.15) is 47.4 Å². The number of fused-ring (bicyclic) bond motifs is 3. The summed E-state index contributed by atoms with van der Waals surface area (Å²) in [5.41, 5.74) is 4.84. The molecule has 1 aromatic heterocycles. The first kappa shape index (κ1) is 21.2. The minimum atomic E-state index is -0.309. The van der Waals surface area contributed by atoms with Crippen LogP contribution in [-0.2, 0) is 24.1 Å². The van der Waals surface area contributed by atoms with E-state index in [0.29, 0.717) is 36.1 Å². The molecule has 3 unspecified atom stereocenters. The van der Waals surface area contributed by atoms with E-state index < -0.39 is 0 Å². The van der Waals surface area contributed by atoms with E-state index in [1.807, 2.05) is 12.1 Å². The molecule has 0 spiro atoms. The van der Waals surface area contributed by atoms with Crippen LogP contribution in [0.2, 0.25) is 0 Å². The first-order valence-electron chi connectivity index (χ1n) is 12.5. The fourth-order valence-corrected chi connectivity index (χ4v) is 5.97. The Morgan fingerprint density at radius 3 is 2.86 bits per heavy atom. The Bertz CT molecular complexity index is 1440. The van der Waals surface area contributed by atoms with Crippen molar-refractivity contribution in [3.8, 4) is 17.2 Å². The van der Waals surface area contributed by atoms with Gasteiger partial charge in [0.05, 0.1) is 5.54 Å². The molecule has 4 N–H and O–H groups in total. The number of aryl methyl sites for hydroxylation is 2. The summed E-state index contributed by atoms with van der Waals surface area (Å²) < 4.78 is 6.16. The molecule has 8 nitrogen and oxygen atoms in total. The Labute approximate surface area is 208 Å². The Morgan fingerprint density at radius 2 is 1.97 bits per heavy atom. The summed E-state index contributed by atoms with van der Waals surface area (Å²) in [6.45, 7) is 0. The van der Waals surface area contributed by atoms with E-state index in [1.165, 1.54) is 17.5 Å². The van der Waals surface area contributed by atoms with Gasteiger partial charge in [-0.05, 0) is 85.5 Å². The molecule has 7 rings (SSSR count). The predicted octanol–water partition coefficient (Wildman–Crippen LogP) is 4.63. The van der Waals surface area contributed by atoms with Crippen molar-refractivity contribution in [2.24, 2.45) is 5.92 Å². The smallest absolute Gasteiger partial charge is 0.319 e. The van der Waals surface area contributed by atoms with Gasteiger partial charge in [-0.15, -0.1) is 0 Å². The van der Waals surface area contributed by atoms with Crippen molar-refractivity contribution < 1.29 is 19.4 Å². The Hall–Kier alpha value is -4.07. The molecule has 8 heteroatoms. The third-order valence-corrected chi connectivity index (χ3v) is 8.04. The van der Waals surface area contributed by atoms with E-state index in [0.717, 1.165) is 36.1 Å². The number of amides is 3. The van der Waals surface area contributed by atoms with Crippen LogP contribution >= 0.6 is 0 Å². The molecule has 3 aliphatic carbocycles. The number of pyridine rings is 1. The molecule has 0 radical (unpaired) electrons. The average molecular weight is 483 g/mol. The minimum Gasteiger partial charge on any atom is -0.508 e.